The Morgan fingerprint density at radius 2 is 1.94 bits per heavy atom. The number of hydrogen-bond acceptors (Lipinski definition) is 2. The van der Waals surface area contributed by atoms with E-state index in [0.717, 1.165) is 10.0 Å². The molecule has 1 rings (SSSR count). The van der Waals surface area contributed by atoms with Gasteiger partial charge in [-0.05, 0) is 24.6 Å². The number of benzene rings is 1. The van der Waals surface area contributed by atoms with Gasteiger partial charge < -0.3 is 5.32 Å². The van der Waals surface area contributed by atoms with E-state index in [1.807, 2.05) is 31.2 Å². The number of rotatable bonds is 3. The van der Waals surface area contributed by atoms with Crippen molar-refractivity contribution in [1.29, 1.82) is 0 Å². The fourth-order valence-corrected chi connectivity index (χ4v) is 1.56. The van der Waals surface area contributed by atoms with E-state index in [-0.39, 0.29) is 11.9 Å². The molecule has 1 unspecified atom stereocenters. The standard InChI is InChI=1S/C11H12BrClN2O2/c1-7(8-2-4-9(12)5-3-8)14-11(17)15-10(16)6-13/h2-5,7H,6H2,1H3,(H2,14,15,16,17). The second kappa shape index (κ2) is 6.61. The van der Waals surface area contributed by atoms with Gasteiger partial charge in [0.25, 0.3) is 0 Å². The van der Waals surface area contributed by atoms with Crippen molar-refractivity contribution in [3.05, 3.63) is 34.3 Å². The van der Waals surface area contributed by atoms with E-state index in [1.165, 1.54) is 0 Å². The maximum absolute atomic E-state index is 11.4. The summed E-state index contributed by atoms with van der Waals surface area (Å²) in [5.74, 6) is -0.757. The van der Waals surface area contributed by atoms with E-state index in [2.05, 4.69) is 26.6 Å². The molecule has 1 aromatic carbocycles. The summed E-state index contributed by atoms with van der Waals surface area (Å²) in [6.07, 6.45) is 0. The average Bonchev–Trinajstić information content (AvgIpc) is 2.29. The SMILES string of the molecule is CC(NC(=O)NC(=O)CCl)c1ccc(Br)cc1. The molecule has 0 saturated carbocycles. The quantitative estimate of drug-likeness (QED) is 0.841. The molecule has 4 nitrogen and oxygen atoms in total. The van der Waals surface area contributed by atoms with Gasteiger partial charge in [-0.15, -0.1) is 11.6 Å². The van der Waals surface area contributed by atoms with Crippen LogP contribution < -0.4 is 10.6 Å². The first-order chi connectivity index (χ1) is 8.02. The number of urea groups is 1. The zero-order valence-corrected chi connectivity index (χ0v) is 11.5. The molecule has 0 fully saturated rings. The lowest BCUT2D eigenvalue weighted by Crippen LogP contribution is -2.41. The van der Waals surface area contributed by atoms with Crippen LogP contribution in [0.3, 0.4) is 0 Å². The number of carbonyl (C=O) groups is 2. The van der Waals surface area contributed by atoms with Gasteiger partial charge in [0, 0.05) is 4.47 Å². The predicted molar refractivity (Wildman–Crippen MR) is 70.0 cm³/mol. The van der Waals surface area contributed by atoms with Crippen LogP contribution in [0.1, 0.15) is 18.5 Å². The van der Waals surface area contributed by atoms with E-state index in [9.17, 15) is 9.59 Å². The smallest absolute Gasteiger partial charge is 0.321 e. The van der Waals surface area contributed by atoms with Crippen LogP contribution in [0.4, 0.5) is 4.79 Å². The Kier molecular flexibility index (Phi) is 5.44. The number of alkyl halides is 1. The largest absolute Gasteiger partial charge is 0.331 e. The van der Waals surface area contributed by atoms with Gasteiger partial charge in [-0.25, -0.2) is 4.79 Å². The minimum Gasteiger partial charge on any atom is -0.331 e. The van der Waals surface area contributed by atoms with Gasteiger partial charge >= 0.3 is 6.03 Å². The summed E-state index contributed by atoms with van der Waals surface area (Å²) in [6.45, 7) is 1.83. The number of carbonyl (C=O) groups excluding carboxylic acids is 2. The molecule has 6 heteroatoms. The molecule has 0 spiro atoms. The third-order valence-corrected chi connectivity index (χ3v) is 2.86. The Morgan fingerprint density at radius 1 is 1.35 bits per heavy atom. The molecular formula is C11H12BrClN2O2. The molecule has 0 bridgehead atoms. The van der Waals surface area contributed by atoms with Crippen molar-refractivity contribution < 1.29 is 9.59 Å². The van der Waals surface area contributed by atoms with Gasteiger partial charge in [0.05, 0.1) is 6.04 Å². The molecule has 17 heavy (non-hydrogen) atoms. The van der Waals surface area contributed by atoms with Gasteiger partial charge in [-0.2, -0.15) is 0 Å². The maximum Gasteiger partial charge on any atom is 0.321 e. The number of imide groups is 1. The summed E-state index contributed by atoms with van der Waals surface area (Å²) in [4.78, 5) is 22.2. The number of hydrogen-bond donors (Lipinski definition) is 2. The maximum atomic E-state index is 11.4. The molecule has 1 atom stereocenters. The molecule has 0 aliphatic heterocycles. The molecule has 0 aliphatic carbocycles. The van der Waals surface area contributed by atoms with Crippen molar-refractivity contribution in [2.75, 3.05) is 5.88 Å². The Labute approximate surface area is 113 Å². The Balaban J connectivity index is 2.54. The fourth-order valence-electron chi connectivity index (χ4n) is 1.23. The van der Waals surface area contributed by atoms with E-state index < -0.39 is 11.9 Å². The fraction of sp³-hybridized carbons (Fsp3) is 0.273. The van der Waals surface area contributed by atoms with Crippen molar-refractivity contribution in [2.24, 2.45) is 0 Å². The van der Waals surface area contributed by atoms with Gasteiger partial charge in [0.15, 0.2) is 0 Å². The van der Waals surface area contributed by atoms with Crippen LogP contribution in [0.2, 0.25) is 0 Å². The number of nitrogens with one attached hydrogen (secondary N) is 2. The lowest BCUT2D eigenvalue weighted by Gasteiger charge is -2.14. The van der Waals surface area contributed by atoms with E-state index in [4.69, 9.17) is 11.6 Å². The van der Waals surface area contributed by atoms with Crippen molar-refractivity contribution >= 4 is 39.5 Å². The monoisotopic (exact) mass is 318 g/mol. The highest BCUT2D eigenvalue weighted by Gasteiger charge is 2.11. The van der Waals surface area contributed by atoms with Crippen molar-refractivity contribution in [3.63, 3.8) is 0 Å². The topological polar surface area (TPSA) is 58.2 Å². The predicted octanol–water partition coefficient (Wildman–Crippen LogP) is 2.57. The molecule has 92 valence electrons. The van der Waals surface area contributed by atoms with E-state index in [0.29, 0.717) is 0 Å². The highest BCUT2D eigenvalue weighted by Crippen LogP contribution is 2.16. The molecule has 0 aliphatic rings. The van der Waals surface area contributed by atoms with Crippen LogP contribution in [0.25, 0.3) is 0 Å². The number of amides is 3. The van der Waals surface area contributed by atoms with Crippen molar-refractivity contribution in [1.82, 2.24) is 10.6 Å². The van der Waals surface area contributed by atoms with Crippen LogP contribution in [-0.4, -0.2) is 17.8 Å². The molecule has 3 amide bonds. The van der Waals surface area contributed by atoms with Crippen LogP contribution in [0, 0.1) is 0 Å². The Hall–Kier alpha value is -1.07. The molecular weight excluding hydrogens is 307 g/mol. The first kappa shape index (κ1) is 14.0. The third kappa shape index (κ3) is 4.75. The van der Waals surface area contributed by atoms with Crippen molar-refractivity contribution in [3.8, 4) is 0 Å². The summed E-state index contributed by atoms with van der Waals surface area (Å²) in [5, 5.41) is 4.75. The summed E-state index contributed by atoms with van der Waals surface area (Å²) < 4.78 is 0.968. The zero-order chi connectivity index (χ0) is 12.8. The lowest BCUT2D eigenvalue weighted by molar-refractivity contribution is -0.117. The minimum absolute atomic E-state index is 0.189. The summed E-state index contributed by atoms with van der Waals surface area (Å²) in [5.41, 5.74) is 0.946. The Bertz CT molecular complexity index is 408. The summed E-state index contributed by atoms with van der Waals surface area (Å²) in [6, 6.07) is 6.80. The summed E-state index contributed by atoms with van der Waals surface area (Å²) >= 11 is 8.60. The minimum atomic E-state index is -0.550. The zero-order valence-electron chi connectivity index (χ0n) is 9.17. The summed E-state index contributed by atoms with van der Waals surface area (Å²) in [7, 11) is 0. The van der Waals surface area contributed by atoms with Crippen LogP contribution >= 0.6 is 27.5 Å². The highest BCUT2D eigenvalue weighted by molar-refractivity contribution is 9.10. The average molecular weight is 320 g/mol. The Morgan fingerprint density at radius 3 is 2.47 bits per heavy atom. The first-order valence-electron chi connectivity index (χ1n) is 4.94. The van der Waals surface area contributed by atoms with E-state index in [1.54, 1.807) is 0 Å². The molecule has 0 aromatic heterocycles. The van der Waals surface area contributed by atoms with Gasteiger partial charge in [-0.1, -0.05) is 28.1 Å². The molecule has 0 radical (unpaired) electrons. The van der Waals surface area contributed by atoms with Gasteiger partial charge in [-0.3, -0.25) is 10.1 Å². The number of halogens is 2. The van der Waals surface area contributed by atoms with Crippen LogP contribution in [-0.2, 0) is 4.79 Å². The van der Waals surface area contributed by atoms with Gasteiger partial charge in [0.2, 0.25) is 5.91 Å². The van der Waals surface area contributed by atoms with E-state index >= 15 is 0 Å². The highest BCUT2D eigenvalue weighted by atomic mass is 79.9. The molecule has 0 heterocycles. The third-order valence-electron chi connectivity index (χ3n) is 2.09. The van der Waals surface area contributed by atoms with Gasteiger partial charge in [0.1, 0.15) is 5.88 Å². The first-order valence-corrected chi connectivity index (χ1v) is 6.27. The second-order valence-electron chi connectivity index (χ2n) is 3.43. The normalized spacial score (nSPS) is 11.7. The lowest BCUT2D eigenvalue weighted by atomic mass is 10.1. The molecule has 2 N–H and O–H groups in total. The molecule has 1 aromatic rings. The van der Waals surface area contributed by atoms with Crippen LogP contribution in [0.5, 0.6) is 0 Å². The second-order valence-corrected chi connectivity index (χ2v) is 4.61. The van der Waals surface area contributed by atoms with Crippen LogP contribution in [0.15, 0.2) is 28.7 Å². The molecule has 0 saturated heterocycles. The van der Waals surface area contributed by atoms with Crippen molar-refractivity contribution in [2.45, 2.75) is 13.0 Å².